The predicted octanol–water partition coefficient (Wildman–Crippen LogP) is 0.876. The fourth-order valence-corrected chi connectivity index (χ4v) is 2.77. The van der Waals surface area contributed by atoms with Gasteiger partial charge in [-0.1, -0.05) is 0 Å². The van der Waals surface area contributed by atoms with Crippen molar-refractivity contribution >= 4 is 11.8 Å². The van der Waals surface area contributed by atoms with Gasteiger partial charge in [-0.15, -0.1) is 0 Å². The van der Waals surface area contributed by atoms with Crippen molar-refractivity contribution in [1.82, 2.24) is 9.97 Å². The van der Waals surface area contributed by atoms with Gasteiger partial charge in [0.15, 0.2) is 0 Å². The molecule has 1 unspecified atom stereocenters. The highest BCUT2D eigenvalue weighted by Crippen LogP contribution is 2.31. The largest absolute Gasteiger partial charge is 0.481 e. The second-order valence-electron chi connectivity index (χ2n) is 4.75. The van der Waals surface area contributed by atoms with Crippen molar-refractivity contribution < 1.29 is 9.90 Å². The van der Waals surface area contributed by atoms with Crippen molar-refractivity contribution in [2.45, 2.75) is 25.7 Å². The highest BCUT2D eigenvalue weighted by Gasteiger charge is 2.31. The SMILES string of the molecule is O=C(O)C1CCN(c2ncnc3c2CCC3)C1. The molecule has 0 amide bonds. The van der Waals surface area contributed by atoms with Gasteiger partial charge in [0.1, 0.15) is 12.1 Å². The molecule has 1 fully saturated rings. The molecule has 1 N–H and O–H groups in total. The van der Waals surface area contributed by atoms with Crippen LogP contribution < -0.4 is 4.90 Å². The summed E-state index contributed by atoms with van der Waals surface area (Å²) in [5.41, 5.74) is 2.38. The quantitative estimate of drug-likeness (QED) is 0.821. The molecule has 0 saturated carbocycles. The maximum Gasteiger partial charge on any atom is 0.308 e. The summed E-state index contributed by atoms with van der Waals surface area (Å²) in [7, 11) is 0. The fraction of sp³-hybridized carbons (Fsp3) is 0.583. The van der Waals surface area contributed by atoms with Crippen LogP contribution in [0, 0.1) is 5.92 Å². The lowest BCUT2D eigenvalue weighted by Gasteiger charge is -2.19. The Balaban J connectivity index is 1.86. The molecular formula is C12H15N3O2. The van der Waals surface area contributed by atoms with Crippen LogP contribution in [0.15, 0.2) is 6.33 Å². The second-order valence-corrected chi connectivity index (χ2v) is 4.75. The van der Waals surface area contributed by atoms with E-state index in [4.69, 9.17) is 5.11 Å². The predicted molar refractivity (Wildman–Crippen MR) is 62.0 cm³/mol. The van der Waals surface area contributed by atoms with Crippen molar-refractivity contribution in [2.24, 2.45) is 5.92 Å². The van der Waals surface area contributed by atoms with E-state index < -0.39 is 5.97 Å². The van der Waals surface area contributed by atoms with Crippen LogP contribution in [0.25, 0.3) is 0 Å². The number of nitrogens with zero attached hydrogens (tertiary/aromatic N) is 3. The van der Waals surface area contributed by atoms with Crippen LogP contribution in [-0.4, -0.2) is 34.1 Å². The Morgan fingerprint density at radius 2 is 2.29 bits per heavy atom. The first-order chi connectivity index (χ1) is 8.25. The van der Waals surface area contributed by atoms with E-state index >= 15 is 0 Å². The summed E-state index contributed by atoms with van der Waals surface area (Å²) in [4.78, 5) is 21.7. The summed E-state index contributed by atoms with van der Waals surface area (Å²) in [6, 6.07) is 0. The van der Waals surface area contributed by atoms with Crippen molar-refractivity contribution in [1.29, 1.82) is 0 Å². The van der Waals surface area contributed by atoms with E-state index in [1.54, 1.807) is 6.33 Å². The van der Waals surface area contributed by atoms with E-state index in [-0.39, 0.29) is 5.92 Å². The fourth-order valence-electron chi connectivity index (χ4n) is 2.77. The molecule has 0 radical (unpaired) electrons. The summed E-state index contributed by atoms with van der Waals surface area (Å²) in [5.74, 6) is 0.0245. The summed E-state index contributed by atoms with van der Waals surface area (Å²) < 4.78 is 0. The van der Waals surface area contributed by atoms with Gasteiger partial charge in [-0.2, -0.15) is 0 Å². The Morgan fingerprint density at radius 1 is 1.41 bits per heavy atom. The number of hydrogen-bond donors (Lipinski definition) is 1. The molecule has 1 aliphatic carbocycles. The molecule has 5 nitrogen and oxygen atoms in total. The summed E-state index contributed by atoms with van der Waals surface area (Å²) >= 11 is 0. The number of rotatable bonds is 2. The zero-order valence-electron chi connectivity index (χ0n) is 9.59. The molecule has 1 aliphatic heterocycles. The Bertz CT molecular complexity index is 461. The van der Waals surface area contributed by atoms with Gasteiger partial charge >= 0.3 is 5.97 Å². The monoisotopic (exact) mass is 233 g/mol. The molecule has 90 valence electrons. The number of anilines is 1. The molecule has 1 atom stereocenters. The van der Waals surface area contributed by atoms with Crippen LogP contribution >= 0.6 is 0 Å². The number of carboxylic acid groups (broad SMARTS) is 1. The maximum atomic E-state index is 11.0. The third-order valence-corrected chi connectivity index (χ3v) is 3.69. The minimum absolute atomic E-state index is 0.248. The lowest BCUT2D eigenvalue weighted by molar-refractivity contribution is -0.140. The van der Waals surface area contributed by atoms with Gasteiger partial charge in [-0.3, -0.25) is 4.79 Å². The van der Waals surface area contributed by atoms with Crippen LogP contribution in [0.1, 0.15) is 24.1 Å². The van der Waals surface area contributed by atoms with Crippen LogP contribution in [-0.2, 0) is 17.6 Å². The number of carboxylic acids is 1. The minimum atomic E-state index is -0.696. The number of aromatic nitrogens is 2. The van der Waals surface area contributed by atoms with E-state index in [0.29, 0.717) is 13.0 Å². The average molecular weight is 233 g/mol. The Kier molecular flexibility index (Phi) is 2.46. The van der Waals surface area contributed by atoms with Gasteiger partial charge in [0.05, 0.1) is 5.92 Å². The van der Waals surface area contributed by atoms with E-state index in [1.165, 1.54) is 5.56 Å². The summed E-state index contributed by atoms with van der Waals surface area (Å²) in [5, 5.41) is 9.01. The molecule has 2 aliphatic rings. The normalized spacial score (nSPS) is 22.8. The zero-order chi connectivity index (χ0) is 11.8. The molecule has 2 heterocycles. The van der Waals surface area contributed by atoms with Gasteiger partial charge in [-0.05, 0) is 25.7 Å². The molecule has 0 aromatic carbocycles. The summed E-state index contributed by atoms with van der Waals surface area (Å²) in [6.45, 7) is 1.37. The van der Waals surface area contributed by atoms with Crippen LogP contribution in [0.5, 0.6) is 0 Å². The smallest absolute Gasteiger partial charge is 0.308 e. The molecule has 3 rings (SSSR count). The molecule has 1 aromatic rings. The van der Waals surface area contributed by atoms with Crippen molar-refractivity contribution in [3.63, 3.8) is 0 Å². The first kappa shape index (κ1) is 10.5. The Labute approximate surface area is 99.5 Å². The molecule has 1 saturated heterocycles. The minimum Gasteiger partial charge on any atom is -0.481 e. The molecule has 0 spiro atoms. The molecule has 1 aromatic heterocycles. The molecule has 5 heteroatoms. The van der Waals surface area contributed by atoms with Crippen LogP contribution in [0.2, 0.25) is 0 Å². The van der Waals surface area contributed by atoms with Crippen LogP contribution in [0.3, 0.4) is 0 Å². The number of aryl methyl sites for hydroxylation is 1. The highest BCUT2D eigenvalue weighted by atomic mass is 16.4. The van der Waals surface area contributed by atoms with Crippen molar-refractivity contribution in [2.75, 3.05) is 18.0 Å². The Morgan fingerprint density at radius 3 is 3.06 bits per heavy atom. The van der Waals surface area contributed by atoms with Crippen molar-refractivity contribution in [3.8, 4) is 0 Å². The van der Waals surface area contributed by atoms with Crippen LogP contribution in [0.4, 0.5) is 5.82 Å². The third-order valence-electron chi connectivity index (χ3n) is 3.69. The van der Waals surface area contributed by atoms with Crippen molar-refractivity contribution in [3.05, 3.63) is 17.6 Å². The Hall–Kier alpha value is -1.65. The number of carbonyl (C=O) groups is 1. The first-order valence-electron chi connectivity index (χ1n) is 6.06. The van der Waals surface area contributed by atoms with Gasteiger partial charge in [0.25, 0.3) is 0 Å². The third kappa shape index (κ3) is 1.75. The topological polar surface area (TPSA) is 66.3 Å². The molecule has 17 heavy (non-hydrogen) atoms. The second kappa shape index (κ2) is 3.98. The lowest BCUT2D eigenvalue weighted by Crippen LogP contribution is -2.24. The van der Waals surface area contributed by atoms with E-state index in [1.807, 2.05) is 0 Å². The maximum absolute atomic E-state index is 11.0. The van der Waals surface area contributed by atoms with Gasteiger partial charge < -0.3 is 10.0 Å². The molecular weight excluding hydrogens is 218 g/mol. The van der Waals surface area contributed by atoms with E-state index in [9.17, 15) is 4.79 Å². The van der Waals surface area contributed by atoms with Gasteiger partial charge in [-0.25, -0.2) is 9.97 Å². The number of hydrogen-bond acceptors (Lipinski definition) is 4. The first-order valence-corrected chi connectivity index (χ1v) is 6.06. The summed E-state index contributed by atoms with van der Waals surface area (Å²) in [6.07, 6.45) is 5.51. The van der Waals surface area contributed by atoms with Gasteiger partial charge in [0.2, 0.25) is 0 Å². The molecule has 0 bridgehead atoms. The standard InChI is InChI=1S/C12H15N3O2/c16-12(17)8-4-5-15(6-8)11-9-2-1-3-10(9)13-7-14-11/h7-8H,1-6H2,(H,16,17). The number of aliphatic carboxylic acids is 1. The van der Waals surface area contributed by atoms with E-state index in [2.05, 4.69) is 14.9 Å². The highest BCUT2D eigenvalue weighted by molar-refractivity contribution is 5.72. The number of fused-ring (bicyclic) bond motifs is 1. The van der Waals surface area contributed by atoms with Gasteiger partial charge in [0, 0.05) is 24.3 Å². The van der Waals surface area contributed by atoms with E-state index in [0.717, 1.165) is 37.3 Å². The zero-order valence-corrected chi connectivity index (χ0v) is 9.59. The lowest BCUT2D eigenvalue weighted by atomic mass is 10.1. The average Bonchev–Trinajstić information content (AvgIpc) is 2.97.